The van der Waals surface area contributed by atoms with Crippen LogP contribution in [0.25, 0.3) is 11.2 Å². The minimum atomic E-state index is -0.143. The summed E-state index contributed by atoms with van der Waals surface area (Å²) in [5.41, 5.74) is 3.45. The molecular weight excluding hydrogens is 348 g/mol. The predicted octanol–water partition coefficient (Wildman–Crippen LogP) is 3.86. The number of pyridine rings is 1. The number of aryl methyl sites for hydroxylation is 2. The molecule has 0 amide bonds. The molecule has 0 atom stereocenters. The van der Waals surface area contributed by atoms with Crippen LogP contribution in [0.15, 0.2) is 39.2 Å². The zero-order valence-corrected chi connectivity index (χ0v) is 13.7. The molecule has 1 aromatic carbocycles. The van der Waals surface area contributed by atoms with Gasteiger partial charge in [0, 0.05) is 15.7 Å². The first-order chi connectivity index (χ1) is 10.5. The molecule has 0 bridgehead atoms. The van der Waals surface area contributed by atoms with Crippen molar-refractivity contribution >= 4 is 32.9 Å². The van der Waals surface area contributed by atoms with Crippen molar-refractivity contribution in [2.75, 3.05) is 6.61 Å². The molecule has 2 aromatic heterocycles. The molecule has 112 valence electrons. The van der Waals surface area contributed by atoms with Gasteiger partial charge < -0.3 is 9.15 Å². The number of ether oxygens (including phenoxy) is 1. The predicted molar refractivity (Wildman–Crippen MR) is 85.2 cm³/mol. The molecule has 5 nitrogen and oxygen atoms in total. The van der Waals surface area contributed by atoms with Gasteiger partial charge in [0.25, 0.3) is 5.71 Å². The summed E-state index contributed by atoms with van der Waals surface area (Å²) in [5, 5.41) is 0. The fourth-order valence-corrected chi connectivity index (χ4v) is 2.37. The van der Waals surface area contributed by atoms with Crippen LogP contribution in [0.5, 0.6) is 6.08 Å². The van der Waals surface area contributed by atoms with E-state index in [1.807, 2.05) is 32.0 Å². The van der Waals surface area contributed by atoms with Crippen LogP contribution in [0.1, 0.15) is 21.6 Å². The maximum absolute atomic E-state index is 12.0. The van der Waals surface area contributed by atoms with Crippen molar-refractivity contribution in [1.29, 1.82) is 0 Å². The highest BCUT2D eigenvalue weighted by molar-refractivity contribution is 9.10. The standard InChI is InChI=1S/C16H13BrN2O3/c1-9-7-10(2)18-15-14(9)19-16(22-15)21-8-13(20)11-3-5-12(17)6-4-11/h3-7H,8H2,1-2H3. The van der Waals surface area contributed by atoms with E-state index in [4.69, 9.17) is 9.15 Å². The molecule has 0 saturated carbocycles. The van der Waals surface area contributed by atoms with Crippen molar-refractivity contribution < 1.29 is 13.9 Å². The van der Waals surface area contributed by atoms with E-state index in [2.05, 4.69) is 25.9 Å². The van der Waals surface area contributed by atoms with Crippen molar-refractivity contribution in [2.45, 2.75) is 13.8 Å². The van der Waals surface area contributed by atoms with Crippen molar-refractivity contribution in [2.24, 2.45) is 0 Å². The molecule has 2 heterocycles. The van der Waals surface area contributed by atoms with Gasteiger partial charge in [-0.3, -0.25) is 4.79 Å². The van der Waals surface area contributed by atoms with Crippen molar-refractivity contribution in [3.8, 4) is 6.08 Å². The summed E-state index contributed by atoms with van der Waals surface area (Å²) in [5.74, 6) is -0.143. The van der Waals surface area contributed by atoms with Crippen molar-refractivity contribution in [1.82, 2.24) is 9.97 Å². The summed E-state index contributed by atoms with van der Waals surface area (Å²) in [6.07, 6.45) is 0.0571. The Morgan fingerprint density at radius 3 is 2.68 bits per heavy atom. The number of hydrogen-bond donors (Lipinski definition) is 0. The third kappa shape index (κ3) is 3.01. The van der Waals surface area contributed by atoms with Crippen LogP contribution >= 0.6 is 15.9 Å². The van der Waals surface area contributed by atoms with E-state index in [-0.39, 0.29) is 18.5 Å². The summed E-state index contributed by atoms with van der Waals surface area (Å²) in [4.78, 5) is 20.5. The number of Topliss-reactive ketones (excluding diaryl/α,β-unsaturated/α-hetero) is 1. The maximum Gasteiger partial charge on any atom is 0.396 e. The van der Waals surface area contributed by atoms with Crippen LogP contribution in [0.3, 0.4) is 0 Å². The number of oxazole rings is 1. The second-order valence-electron chi connectivity index (χ2n) is 4.93. The summed E-state index contributed by atoms with van der Waals surface area (Å²) >= 11 is 3.33. The van der Waals surface area contributed by atoms with Gasteiger partial charge in [0.05, 0.1) is 0 Å². The first-order valence-electron chi connectivity index (χ1n) is 6.69. The van der Waals surface area contributed by atoms with Crippen LogP contribution in [0.4, 0.5) is 0 Å². The number of nitrogens with zero attached hydrogens (tertiary/aromatic N) is 2. The summed E-state index contributed by atoms with van der Waals surface area (Å²) < 4.78 is 11.7. The second kappa shape index (κ2) is 5.88. The molecule has 0 spiro atoms. The molecule has 6 heteroatoms. The van der Waals surface area contributed by atoms with Gasteiger partial charge in [-0.1, -0.05) is 28.1 Å². The Kier molecular flexibility index (Phi) is 3.94. The smallest absolute Gasteiger partial charge is 0.396 e. The van der Waals surface area contributed by atoms with Gasteiger partial charge in [0.1, 0.15) is 5.52 Å². The minimum Gasteiger partial charge on any atom is -0.442 e. The minimum absolute atomic E-state index is 0.0571. The highest BCUT2D eigenvalue weighted by atomic mass is 79.9. The monoisotopic (exact) mass is 360 g/mol. The average molecular weight is 361 g/mol. The Bertz CT molecular complexity index is 840. The normalized spacial score (nSPS) is 10.9. The van der Waals surface area contributed by atoms with Crippen LogP contribution in [-0.2, 0) is 0 Å². The van der Waals surface area contributed by atoms with Gasteiger partial charge in [0.2, 0.25) is 0 Å². The number of carbonyl (C=O) groups excluding carboxylic acids is 1. The molecule has 0 aliphatic heterocycles. The summed E-state index contributed by atoms with van der Waals surface area (Å²) in [6.45, 7) is 3.68. The molecular formula is C16H13BrN2O3. The van der Waals surface area contributed by atoms with Crippen molar-refractivity contribution in [3.05, 3.63) is 51.6 Å². The van der Waals surface area contributed by atoms with Gasteiger partial charge in [-0.2, -0.15) is 4.98 Å². The molecule has 0 radical (unpaired) electrons. The summed E-state index contributed by atoms with van der Waals surface area (Å²) in [7, 11) is 0. The van der Waals surface area contributed by atoms with E-state index >= 15 is 0 Å². The number of fused-ring (bicyclic) bond motifs is 1. The molecule has 0 N–H and O–H groups in total. The van der Waals surface area contributed by atoms with E-state index < -0.39 is 0 Å². The molecule has 0 fully saturated rings. The Hall–Kier alpha value is -2.21. The SMILES string of the molecule is Cc1cc(C)c2nc(OCC(=O)c3ccc(Br)cc3)oc2n1. The number of carbonyl (C=O) groups is 1. The Morgan fingerprint density at radius 2 is 1.95 bits per heavy atom. The van der Waals surface area contributed by atoms with Gasteiger partial charge in [-0.25, -0.2) is 4.98 Å². The van der Waals surface area contributed by atoms with Crippen LogP contribution in [0.2, 0.25) is 0 Å². The van der Waals surface area contributed by atoms with E-state index in [0.29, 0.717) is 16.8 Å². The van der Waals surface area contributed by atoms with E-state index in [0.717, 1.165) is 15.7 Å². The Balaban J connectivity index is 1.75. The maximum atomic E-state index is 12.0. The fourth-order valence-electron chi connectivity index (χ4n) is 2.11. The van der Waals surface area contributed by atoms with Crippen LogP contribution in [0, 0.1) is 13.8 Å². The van der Waals surface area contributed by atoms with Gasteiger partial charge in [-0.05, 0) is 37.6 Å². The van der Waals surface area contributed by atoms with Crippen LogP contribution < -0.4 is 4.74 Å². The number of ketones is 1. The molecule has 0 unspecified atom stereocenters. The van der Waals surface area contributed by atoms with Crippen molar-refractivity contribution in [3.63, 3.8) is 0 Å². The van der Waals surface area contributed by atoms with Gasteiger partial charge >= 0.3 is 6.08 Å². The lowest BCUT2D eigenvalue weighted by atomic mass is 10.1. The average Bonchev–Trinajstić information content (AvgIpc) is 2.89. The van der Waals surface area contributed by atoms with E-state index in [9.17, 15) is 4.79 Å². The molecule has 0 aliphatic carbocycles. The lowest BCUT2D eigenvalue weighted by Gasteiger charge is -2.01. The van der Waals surface area contributed by atoms with Crippen LogP contribution in [-0.4, -0.2) is 22.4 Å². The first kappa shape index (κ1) is 14.7. The number of benzene rings is 1. The Labute approximate surface area is 135 Å². The third-order valence-electron chi connectivity index (χ3n) is 3.16. The molecule has 0 saturated heterocycles. The molecule has 3 rings (SSSR count). The molecule has 22 heavy (non-hydrogen) atoms. The lowest BCUT2D eigenvalue weighted by molar-refractivity contribution is 0.0895. The second-order valence-corrected chi connectivity index (χ2v) is 5.85. The quantitative estimate of drug-likeness (QED) is 0.660. The zero-order chi connectivity index (χ0) is 15.7. The van der Waals surface area contributed by atoms with Gasteiger partial charge in [-0.15, -0.1) is 0 Å². The summed E-state index contributed by atoms with van der Waals surface area (Å²) in [6, 6.07) is 9.00. The highest BCUT2D eigenvalue weighted by Gasteiger charge is 2.13. The van der Waals surface area contributed by atoms with E-state index in [1.54, 1.807) is 12.1 Å². The topological polar surface area (TPSA) is 65.2 Å². The number of hydrogen-bond acceptors (Lipinski definition) is 5. The fraction of sp³-hybridized carbons (Fsp3) is 0.188. The molecule has 3 aromatic rings. The number of aromatic nitrogens is 2. The first-order valence-corrected chi connectivity index (χ1v) is 7.48. The Morgan fingerprint density at radius 1 is 1.23 bits per heavy atom. The number of halogens is 1. The zero-order valence-electron chi connectivity index (χ0n) is 12.1. The third-order valence-corrected chi connectivity index (χ3v) is 3.69. The largest absolute Gasteiger partial charge is 0.442 e. The lowest BCUT2D eigenvalue weighted by Crippen LogP contribution is -2.11. The van der Waals surface area contributed by atoms with E-state index in [1.165, 1.54) is 0 Å². The highest BCUT2D eigenvalue weighted by Crippen LogP contribution is 2.22. The van der Waals surface area contributed by atoms with Gasteiger partial charge in [0.15, 0.2) is 12.4 Å². The number of rotatable bonds is 4. The molecule has 0 aliphatic rings.